The lowest BCUT2D eigenvalue weighted by molar-refractivity contribution is -0.112. The first-order chi connectivity index (χ1) is 12.5. The Kier molecular flexibility index (Phi) is 7.46. The summed E-state index contributed by atoms with van der Waals surface area (Å²) in [6.07, 6.45) is 3.07. The topological polar surface area (TPSA) is 62.1 Å². The van der Waals surface area contributed by atoms with Gasteiger partial charge in [-0.3, -0.25) is 4.79 Å². The molecule has 132 valence electrons. The number of carbonyl (C=O) groups is 1. The Morgan fingerprint density at radius 3 is 2.73 bits per heavy atom. The molecule has 2 rings (SSSR count). The van der Waals surface area contributed by atoms with E-state index >= 15 is 0 Å². The zero-order chi connectivity index (χ0) is 19.1. The molecule has 26 heavy (non-hydrogen) atoms. The number of nitrogens with one attached hydrogen (secondary N) is 1. The molecule has 0 aliphatic rings. The third-order valence-corrected chi connectivity index (χ3v) is 4.55. The van der Waals surface area contributed by atoms with Crippen molar-refractivity contribution in [1.29, 1.82) is 5.26 Å². The SMILES string of the molecule is C=CCOc1c(Br)cc(Br)cc1/C=C(\C#N)C(=O)Nc1ccccc1Cl. The van der Waals surface area contributed by atoms with Crippen LogP contribution in [-0.2, 0) is 4.79 Å². The van der Waals surface area contributed by atoms with Crippen molar-refractivity contribution in [3.8, 4) is 11.8 Å². The fraction of sp³-hybridized carbons (Fsp3) is 0.0526. The summed E-state index contributed by atoms with van der Waals surface area (Å²) in [5, 5.41) is 12.4. The van der Waals surface area contributed by atoms with Crippen molar-refractivity contribution < 1.29 is 9.53 Å². The first-order valence-electron chi connectivity index (χ1n) is 7.36. The molecule has 0 spiro atoms. The number of rotatable bonds is 6. The van der Waals surface area contributed by atoms with Crippen LogP contribution in [0, 0.1) is 11.3 Å². The van der Waals surface area contributed by atoms with Crippen LogP contribution in [0.2, 0.25) is 5.02 Å². The molecule has 0 saturated carbocycles. The van der Waals surface area contributed by atoms with Gasteiger partial charge in [0.15, 0.2) is 0 Å². The molecule has 0 heterocycles. The number of carbonyl (C=O) groups excluding carboxylic acids is 1. The molecule has 0 atom stereocenters. The minimum absolute atomic E-state index is 0.0848. The number of halogens is 3. The van der Waals surface area contributed by atoms with E-state index in [1.807, 2.05) is 12.1 Å². The average Bonchev–Trinajstić information content (AvgIpc) is 2.60. The Morgan fingerprint density at radius 2 is 2.08 bits per heavy atom. The number of benzene rings is 2. The van der Waals surface area contributed by atoms with Gasteiger partial charge in [-0.15, -0.1) is 0 Å². The lowest BCUT2D eigenvalue weighted by atomic mass is 10.1. The fourth-order valence-electron chi connectivity index (χ4n) is 2.04. The highest BCUT2D eigenvalue weighted by atomic mass is 79.9. The van der Waals surface area contributed by atoms with Crippen molar-refractivity contribution in [3.05, 3.63) is 74.2 Å². The van der Waals surface area contributed by atoms with E-state index in [2.05, 4.69) is 43.8 Å². The van der Waals surface area contributed by atoms with E-state index in [0.717, 1.165) is 4.47 Å². The number of nitriles is 1. The summed E-state index contributed by atoms with van der Waals surface area (Å²) in [6, 6.07) is 12.3. The van der Waals surface area contributed by atoms with E-state index < -0.39 is 5.91 Å². The van der Waals surface area contributed by atoms with Gasteiger partial charge < -0.3 is 10.1 Å². The minimum Gasteiger partial charge on any atom is -0.488 e. The van der Waals surface area contributed by atoms with Gasteiger partial charge in [-0.25, -0.2) is 0 Å². The first kappa shape index (κ1) is 20.2. The van der Waals surface area contributed by atoms with Crippen molar-refractivity contribution in [2.75, 3.05) is 11.9 Å². The van der Waals surface area contributed by atoms with Gasteiger partial charge in [0.25, 0.3) is 5.91 Å². The summed E-state index contributed by atoms with van der Waals surface area (Å²) in [7, 11) is 0. The van der Waals surface area contributed by atoms with Crippen LogP contribution in [0.5, 0.6) is 5.75 Å². The standard InChI is InChI=1S/C19H13Br2ClN2O2/c1-2-7-26-18-12(9-14(20)10-15(18)21)8-13(11-23)19(25)24-17-6-4-3-5-16(17)22/h2-6,8-10H,1,7H2,(H,24,25)/b13-8+. The Labute approximate surface area is 173 Å². The van der Waals surface area contributed by atoms with E-state index in [1.165, 1.54) is 6.08 Å². The van der Waals surface area contributed by atoms with E-state index in [1.54, 1.807) is 36.4 Å². The number of anilines is 1. The Bertz CT molecular complexity index is 920. The summed E-state index contributed by atoms with van der Waals surface area (Å²) in [5.41, 5.74) is 0.913. The summed E-state index contributed by atoms with van der Waals surface area (Å²) in [5.74, 6) is -0.0576. The third kappa shape index (κ3) is 5.21. The van der Waals surface area contributed by atoms with Crippen LogP contribution in [0.1, 0.15) is 5.56 Å². The first-order valence-corrected chi connectivity index (χ1v) is 9.33. The summed E-state index contributed by atoms with van der Waals surface area (Å²) >= 11 is 12.9. The second kappa shape index (κ2) is 9.58. The van der Waals surface area contributed by atoms with E-state index in [0.29, 0.717) is 26.5 Å². The van der Waals surface area contributed by atoms with Gasteiger partial charge in [-0.2, -0.15) is 5.26 Å². The van der Waals surface area contributed by atoms with Crippen LogP contribution in [0.15, 0.2) is 63.6 Å². The zero-order valence-corrected chi connectivity index (χ0v) is 17.4. The van der Waals surface area contributed by atoms with Crippen LogP contribution < -0.4 is 10.1 Å². The lowest BCUT2D eigenvalue weighted by Gasteiger charge is -2.11. The van der Waals surface area contributed by atoms with Gasteiger partial charge in [0.1, 0.15) is 24.0 Å². The molecule has 2 aromatic rings. The van der Waals surface area contributed by atoms with Crippen LogP contribution in [0.4, 0.5) is 5.69 Å². The summed E-state index contributed by atoms with van der Waals surface area (Å²) in [6.45, 7) is 3.91. The maximum Gasteiger partial charge on any atom is 0.266 e. The zero-order valence-electron chi connectivity index (χ0n) is 13.4. The highest BCUT2D eigenvalue weighted by Crippen LogP contribution is 2.34. The molecule has 0 aromatic heterocycles. The van der Waals surface area contributed by atoms with Crippen molar-refractivity contribution in [2.24, 2.45) is 0 Å². The number of hydrogen-bond acceptors (Lipinski definition) is 3. The number of nitrogens with zero attached hydrogens (tertiary/aromatic N) is 1. The largest absolute Gasteiger partial charge is 0.488 e. The van der Waals surface area contributed by atoms with Crippen molar-refractivity contribution in [2.45, 2.75) is 0 Å². The Morgan fingerprint density at radius 1 is 1.35 bits per heavy atom. The highest BCUT2D eigenvalue weighted by molar-refractivity contribution is 9.11. The molecule has 0 unspecified atom stereocenters. The third-order valence-electron chi connectivity index (χ3n) is 3.17. The molecule has 0 bridgehead atoms. The van der Waals surface area contributed by atoms with Crippen molar-refractivity contribution >= 4 is 61.1 Å². The molecule has 0 saturated heterocycles. The molecule has 0 fully saturated rings. The van der Waals surface area contributed by atoms with Gasteiger partial charge in [0.2, 0.25) is 0 Å². The van der Waals surface area contributed by atoms with Crippen molar-refractivity contribution in [1.82, 2.24) is 0 Å². The molecule has 4 nitrogen and oxygen atoms in total. The number of para-hydroxylation sites is 1. The predicted molar refractivity (Wildman–Crippen MR) is 111 cm³/mol. The molecular weight excluding hydrogens is 483 g/mol. The van der Waals surface area contributed by atoms with E-state index in [-0.39, 0.29) is 12.2 Å². The number of ether oxygens (including phenoxy) is 1. The van der Waals surface area contributed by atoms with Gasteiger partial charge in [-0.05, 0) is 46.3 Å². The Balaban J connectivity index is 2.39. The maximum absolute atomic E-state index is 12.5. The number of amides is 1. The molecular formula is C19H13Br2ClN2O2. The molecule has 1 N–H and O–H groups in total. The molecule has 0 aliphatic heterocycles. The fourth-order valence-corrected chi connectivity index (χ4v) is 3.59. The monoisotopic (exact) mass is 494 g/mol. The summed E-state index contributed by atoms with van der Waals surface area (Å²) in [4.78, 5) is 12.5. The molecule has 0 aliphatic carbocycles. The Hall–Kier alpha value is -2.07. The second-order valence-corrected chi connectivity index (χ2v) is 7.19. The molecule has 7 heteroatoms. The molecule has 0 radical (unpaired) electrons. The van der Waals surface area contributed by atoms with Crippen LogP contribution in [0.25, 0.3) is 6.08 Å². The average molecular weight is 497 g/mol. The molecule has 2 aromatic carbocycles. The lowest BCUT2D eigenvalue weighted by Crippen LogP contribution is -2.13. The quantitative estimate of drug-likeness (QED) is 0.304. The molecule has 1 amide bonds. The van der Waals surface area contributed by atoms with E-state index in [4.69, 9.17) is 16.3 Å². The summed E-state index contributed by atoms with van der Waals surface area (Å²) < 4.78 is 7.09. The van der Waals surface area contributed by atoms with Crippen LogP contribution in [-0.4, -0.2) is 12.5 Å². The number of hydrogen-bond donors (Lipinski definition) is 1. The van der Waals surface area contributed by atoms with Gasteiger partial charge in [0, 0.05) is 10.0 Å². The van der Waals surface area contributed by atoms with Crippen LogP contribution >= 0.6 is 43.5 Å². The smallest absolute Gasteiger partial charge is 0.266 e. The van der Waals surface area contributed by atoms with Gasteiger partial charge in [-0.1, -0.05) is 52.3 Å². The van der Waals surface area contributed by atoms with E-state index in [9.17, 15) is 10.1 Å². The van der Waals surface area contributed by atoms with Crippen LogP contribution in [0.3, 0.4) is 0 Å². The van der Waals surface area contributed by atoms with Gasteiger partial charge in [0.05, 0.1) is 15.2 Å². The maximum atomic E-state index is 12.5. The normalized spacial score (nSPS) is 10.8. The predicted octanol–water partition coefficient (Wildman–Crippen LogP) is 5.98. The highest BCUT2D eigenvalue weighted by Gasteiger charge is 2.15. The minimum atomic E-state index is -0.564. The van der Waals surface area contributed by atoms with Crippen molar-refractivity contribution in [3.63, 3.8) is 0 Å². The van der Waals surface area contributed by atoms with Gasteiger partial charge >= 0.3 is 0 Å². The second-order valence-electron chi connectivity index (χ2n) is 5.01.